The van der Waals surface area contributed by atoms with Crippen molar-refractivity contribution in [3.05, 3.63) is 23.0 Å². The summed E-state index contributed by atoms with van der Waals surface area (Å²) in [7, 11) is -3.72. The molecule has 5 nitrogen and oxygen atoms in total. The van der Waals surface area contributed by atoms with Gasteiger partial charge in [0.05, 0.1) is 16.4 Å². The Kier molecular flexibility index (Phi) is 3.78. The first kappa shape index (κ1) is 16.7. The zero-order valence-corrected chi connectivity index (χ0v) is 15.2. The minimum atomic E-state index is -3.72. The number of nitrogens with zero attached hydrogens (tertiary/aromatic N) is 1. The second-order valence-corrected chi connectivity index (χ2v) is 10.1. The van der Waals surface area contributed by atoms with Crippen LogP contribution in [-0.2, 0) is 20.0 Å². The minimum absolute atomic E-state index is 0.0210. The first-order chi connectivity index (χ1) is 10.6. The van der Waals surface area contributed by atoms with Crippen LogP contribution in [0, 0.1) is 0 Å². The van der Waals surface area contributed by atoms with Gasteiger partial charge in [0, 0.05) is 12.0 Å². The molecule has 0 amide bonds. The van der Waals surface area contributed by atoms with Crippen molar-refractivity contribution in [3.63, 3.8) is 0 Å². The smallest absolute Gasteiger partial charge is 0.200 e. The fraction of sp³-hybridized carbons (Fsp3) is 0.562. The van der Waals surface area contributed by atoms with Gasteiger partial charge in [0.1, 0.15) is 10.4 Å². The second-order valence-electron chi connectivity index (χ2n) is 7.25. The van der Waals surface area contributed by atoms with Crippen molar-refractivity contribution in [2.24, 2.45) is 0 Å². The summed E-state index contributed by atoms with van der Waals surface area (Å²) >= 11 is 6.24. The van der Waals surface area contributed by atoms with E-state index in [1.54, 1.807) is 19.1 Å². The van der Waals surface area contributed by atoms with Crippen molar-refractivity contribution in [2.75, 3.05) is 13.2 Å². The molecule has 1 fully saturated rings. The lowest BCUT2D eigenvalue weighted by Crippen LogP contribution is -2.36. The number of fused-ring (bicyclic) bond motifs is 1. The first-order valence-corrected chi connectivity index (χ1v) is 9.34. The maximum atomic E-state index is 13.2. The van der Waals surface area contributed by atoms with Gasteiger partial charge in [-0.3, -0.25) is 0 Å². The maximum absolute atomic E-state index is 13.2. The molecule has 7 heteroatoms. The Bertz CT molecular complexity index is 858. The van der Waals surface area contributed by atoms with Crippen molar-refractivity contribution in [1.82, 2.24) is 4.98 Å². The van der Waals surface area contributed by atoms with Crippen molar-refractivity contribution in [2.45, 2.75) is 49.2 Å². The normalized spacial score (nSPS) is 22.8. The summed E-state index contributed by atoms with van der Waals surface area (Å²) in [5.74, 6) is 0.485. The lowest BCUT2D eigenvalue weighted by atomic mass is 9.97. The molecule has 0 radical (unpaired) electrons. The minimum Gasteiger partial charge on any atom is -0.439 e. The number of benzene rings is 1. The molecule has 0 saturated carbocycles. The lowest BCUT2D eigenvalue weighted by molar-refractivity contribution is 0.191. The fourth-order valence-electron chi connectivity index (χ4n) is 2.62. The zero-order valence-electron chi connectivity index (χ0n) is 13.6. The van der Waals surface area contributed by atoms with E-state index in [1.807, 2.05) is 20.8 Å². The molecule has 0 spiro atoms. The number of oxazole rings is 1. The Morgan fingerprint density at radius 2 is 2.00 bits per heavy atom. The molecule has 2 heterocycles. The maximum Gasteiger partial charge on any atom is 0.200 e. The van der Waals surface area contributed by atoms with Gasteiger partial charge in [-0.25, -0.2) is 13.4 Å². The standard InChI is InChI=1S/C16H20ClNO4S/c1-15(2,3)14-18-11-6-5-10(17)13(12(11)22-14)23(19,20)16(4)7-8-21-9-16/h5-6H,7-9H2,1-4H3. The van der Waals surface area contributed by atoms with E-state index in [9.17, 15) is 8.42 Å². The molecule has 3 rings (SSSR count). The molecule has 1 atom stereocenters. The zero-order chi connectivity index (χ0) is 17.0. The molecule has 1 aliphatic rings. The summed E-state index contributed by atoms with van der Waals surface area (Å²) < 4.78 is 36.5. The first-order valence-electron chi connectivity index (χ1n) is 7.48. The SMILES string of the molecule is CC(C)(C)c1nc2ccc(Cl)c(S(=O)(=O)C3(C)CCOC3)c2o1. The highest BCUT2D eigenvalue weighted by Gasteiger charge is 2.46. The van der Waals surface area contributed by atoms with Crippen molar-refractivity contribution < 1.29 is 17.6 Å². The number of sulfone groups is 1. The molecule has 1 unspecified atom stereocenters. The molecule has 0 N–H and O–H groups in total. The summed E-state index contributed by atoms with van der Waals surface area (Å²) in [5.41, 5.74) is 0.406. The highest BCUT2D eigenvalue weighted by Crippen LogP contribution is 2.41. The van der Waals surface area contributed by atoms with Crippen LogP contribution in [0.1, 0.15) is 40.0 Å². The second kappa shape index (κ2) is 5.19. The van der Waals surface area contributed by atoms with E-state index in [1.165, 1.54) is 0 Å². The largest absolute Gasteiger partial charge is 0.439 e. The van der Waals surface area contributed by atoms with Crippen LogP contribution in [0.2, 0.25) is 5.02 Å². The number of ether oxygens (including phenoxy) is 1. The summed E-state index contributed by atoms with van der Waals surface area (Å²) in [6.07, 6.45) is 0.433. The molecule has 126 valence electrons. The quantitative estimate of drug-likeness (QED) is 0.819. The van der Waals surface area contributed by atoms with Crippen LogP contribution in [0.25, 0.3) is 11.1 Å². The highest BCUT2D eigenvalue weighted by atomic mass is 35.5. The molecule has 0 aliphatic carbocycles. The van der Waals surface area contributed by atoms with Gasteiger partial charge < -0.3 is 9.15 Å². The average molecular weight is 358 g/mol. The van der Waals surface area contributed by atoms with Crippen LogP contribution >= 0.6 is 11.6 Å². The van der Waals surface area contributed by atoms with Crippen LogP contribution < -0.4 is 0 Å². The molecule has 1 aromatic carbocycles. The van der Waals surface area contributed by atoms with Crippen LogP contribution in [0.3, 0.4) is 0 Å². The van der Waals surface area contributed by atoms with Gasteiger partial charge in [-0.2, -0.15) is 0 Å². The Balaban J connectivity index is 2.28. The van der Waals surface area contributed by atoms with Crippen molar-refractivity contribution in [3.8, 4) is 0 Å². The summed E-state index contributed by atoms with van der Waals surface area (Å²) in [6, 6.07) is 3.24. The predicted molar refractivity (Wildman–Crippen MR) is 88.7 cm³/mol. The molecular formula is C16H20ClNO4S. The van der Waals surface area contributed by atoms with E-state index >= 15 is 0 Å². The van der Waals surface area contributed by atoms with Gasteiger partial charge in [0.15, 0.2) is 15.4 Å². The third-order valence-corrected chi connectivity index (χ3v) is 7.20. The molecule has 0 bridgehead atoms. The molecule has 1 saturated heterocycles. The number of aromatic nitrogens is 1. The Morgan fingerprint density at radius 3 is 2.57 bits per heavy atom. The molecular weight excluding hydrogens is 338 g/mol. The number of hydrogen-bond acceptors (Lipinski definition) is 5. The van der Waals surface area contributed by atoms with Crippen LogP contribution in [0.4, 0.5) is 0 Å². The van der Waals surface area contributed by atoms with Gasteiger partial charge in [-0.05, 0) is 25.5 Å². The summed E-state index contributed by atoms with van der Waals surface area (Å²) in [6.45, 7) is 8.14. The van der Waals surface area contributed by atoms with Crippen molar-refractivity contribution in [1.29, 1.82) is 0 Å². The lowest BCUT2D eigenvalue weighted by Gasteiger charge is -2.22. The van der Waals surface area contributed by atoms with E-state index in [2.05, 4.69) is 4.98 Å². The number of hydrogen-bond donors (Lipinski definition) is 0. The van der Waals surface area contributed by atoms with Gasteiger partial charge in [-0.15, -0.1) is 0 Å². The van der Waals surface area contributed by atoms with E-state index in [-0.39, 0.29) is 27.5 Å². The predicted octanol–water partition coefficient (Wildman–Crippen LogP) is 3.73. The van der Waals surface area contributed by atoms with Crippen LogP contribution in [0.15, 0.2) is 21.4 Å². The van der Waals surface area contributed by atoms with Crippen LogP contribution in [0.5, 0.6) is 0 Å². The Morgan fingerprint density at radius 1 is 1.30 bits per heavy atom. The monoisotopic (exact) mass is 357 g/mol. The van der Waals surface area contributed by atoms with Crippen molar-refractivity contribution >= 4 is 32.5 Å². The van der Waals surface area contributed by atoms with E-state index < -0.39 is 14.6 Å². The Hall–Kier alpha value is -1.11. The Labute approximate surface area is 140 Å². The topological polar surface area (TPSA) is 69.4 Å². The van der Waals surface area contributed by atoms with E-state index in [4.69, 9.17) is 20.8 Å². The molecule has 2 aromatic rings. The fourth-order valence-corrected chi connectivity index (χ4v) is 4.87. The third-order valence-electron chi connectivity index (χ3n) is 4.21. The molecule has 1 aliphatic heterocycles. The summed E-state index contributed by atoms with van der Waals surface area (Å²) in [5, 5.41) is 0.155. The van der Waals surface area contributed by atoms with Gasteiger partial charge in [0.25, 0.3) is 0 Å². The number of rotatable bonds is 2. The third kappa shape index (κ3) is 2.57. The summed E-state index contributed by atoms with van der Waals surface area (Å²) in [4.78, 5) is 4.45. The molecule has 1 aromatic heterocycles. The van der Waals surface area contributed by atoms with Gasteiger partial charge >= 0.3 is 0 Å². The van der Waals surface area contributed by atoms with Gasteiger partial charge in [-0.1, -0.05) is 32.4 Å². The van der Waals surface area contributed by atoms with Gasteiger partial charge in [0.2, 0.25) is 5.89 Å². The highest BCUT2D eigenvalue weighted by molar-refractivity contribution is 7.93. The van der Waals surface area contributed by atoms with E-state index in [0.29, 0.717) is 24.4 Å². The number of halogens is 1. The van der Waals surface area contributed by atoms with E-state index in [0.717, 1.165) is 0 Å². The van der Waals surface area contributed by atoms with Crippen LogP contribution in [-0.4, -0.2) is 31.4 Å². The average Bonchev–Trinajstić information content (AvgIpc) is 3.04. The molecule has 23 heavy (non-hydrogen) atoms.